The Hall–Kier alpha value is -2.11. The van der Waals surface area contributed by atoms with Gasteiger partial charge in [0.25, 0.3) is 5.69 Å². The molecule has 2 aromatic rings. The molecule has 3 rings (SSSR count). The summed E-state index contributed by atoms with van der Waals surface area (Å²) < 4.78 is 0. The van der Waals surface area contributed by atoms with E-state index in [1.54, 1.807) is 12.1 Å². The van der Waals surface area contributed by atoms with Crippen LogP contribution < -0.4 is 11.1 Å². The van der Waals surface area contributed by atoms with Crippen LogP contribution in [0, 0.1) is 10.1 Å². The van der Waals surface area contributed by atoms with Crippen molar-refractivity contribution in [3.05, 3.63) is 68.7 Å². The van der Waals surface area contributed by atoms with E-state index < -0.39 is 4.92 Å². The monoisotopic (exact) mass is 303 g/mol. The summed E-state index contributed by atoms with van der Waals surface area (Å²) in [5, 5.41) is 14.7. The van der Waals surface area contributed by atoms with Gasteiger partial charge in [-0.05, 0) is 29.7 Å². The third-order valence-electron chi connectivity index (χ3n) is 3.75. The van der Waals surface area contributed by atoms with E-state index in [1.807, 2.05) is 24.3 Å². The first kappa shape index (κ1) is 13.9. The van der Waals surface area contributed by atoms with E-state index in [-0.39, 0.29) is 17.8 Å². The van der Waals surface area contributed by atoms with Gasteiger partial charge in [0.1, 0.15) is 5.69 Å². The van der Waals surface area contributed by atoms with Crippen molar-refractivity contribution in [2.24, 2.45) is 5.73 Å². The Morgan fingerprint density at radius 1 is 1.24 bits per heavy atom. The maximum atomic E-state index is 11.1. The lowest BCUT2D eigenvalue weighted by molar-refractivity contribution is -0.384. The summed E-state index contributed by atoms with van der Waals surface area (Å²) in [6.07, 6.45) is 0.707. The highest BCUT2D eigenvalue weighted by atomic mass is 35.5. The van der Waals surface area contributed by atoms with E-state index in [2.05, 4.69) is 5.32 Å². The summed E-state index contributed by atoms with van der Waals surface area (Å²) in [6, 6.07) is 12.4. The fraction of sp³-hybridized carbons (Fsp3) is 0.200. The Bertz CT molecular complexity index is 705. The summed E-state index contributed by atoms with van der Waals surface area (Å²) in [6.45, 7) is 0. The Kier molecular flexibility index (Phi) is 3.53. The Morgan fingerprint density at radius 2 is 1.95 bits per heavy atom. The normalized spacial score (nSPS) is 20.1. The Balaban J connectivity index is 1.94. The van der Waals surface area contributed by atoms with Crippen LogP contribution in [0.4, 0.5) is 11.4 Å². The summed E-state index contributed by atoms with van der Waals surface area (Å²) in [5.41, 5.74) is 8.73. The van der Waals surface area contributed by atoms with Gasteiger partial charge >= 0.3 is 0 Å². The van der Waals surface area contributed by atoms with Crippen molar-refractivity contribution < 1.29 is 4.92 Å². The van der Waals surface area contributed by atoms with Crippen molar-refractivity contribution in [3.63, 3.8) is 0 Å². The van der Waals surface area contributed by atoms with Crippen LogP contribution in [-0.4, -0.2) is 4.92 Å². The van der Waals surface area contributed by atoms with Gasteiger partial charge in [-0.25, -0.2) is 0 Å². The molecule has 0 bridgehead atoms. The number of fused-ring (bicyclic) bond motifs is 1. The average molecular weight is 304 g/mol. The Labute approximate surface area is 126 Å². The topological polar surface area (TPSA) is 81.2 Å². The number of nitro benzene ring substituents is 1. The molecule has 1 aliphatic rings. The number of nitrogens with two attached hydrogens (primary N) is 1. The molecule has 0 radical (unpaired) electrons. The molecule has 0 fully saturated rings. The summed E-state index contributed by atoms with van der Waals surface area (Å²) in [5.74, 6) is 0. The third-order valence-corrected chi connectivity index (χ3v) is 3.98. The lowest BCUT2D eigenvalue weighted by Crippen LogP contribution is -2.11. The minimum atomic E-state index is -0.436. The summed E-state index contributed by atoms with van der Waals surface area (Å²) in [7, 11) is 0. The molecule has 1 aliphatic carbocycles. The second-order valence-electron chi connectivity index (χ2n) is 5.09. The molecule has 21 heavy (non-hydrogen) atoms. The van der Waals surface area contributed by atoms with E-state index >= 15 is 0 Å². The molecular formula is C15H14ClN3O2. The number of nitrogens with zero attached hydrogens (tertiary/aromatic N) is 1. The minimum absolute atomic E-state index is 0.0274. The molecule has 2 atom stereocenters. The number of rotatable bonds is 3. The van der Waals surface area contributed by atoms with Crippen LogP contribution in [-0.2, 0) is 0 Å². The molecule has 0 saturated heterocycles. The van der Waals surface area contributed by atoms with Crippen molar-refractivity contribution in [1.82, 2.24) is 0 Å². The zero-order valence-electron chi connectivity index (χ0n) is 11.1. The smallest absolute Gasteiger partial charge is 0.293 e. The zero-order chi connectivity index (χ0) is 15.0. The van der Waals surface area contributed by atoms with Gasteiger partial charge in [0.05, 0.1) is 11.0 Å². The minimum Gasteiger partial charge on any atom is -0.373 e. The SMILES string of the molecule is NC1CC(Nc2ccc(Cl)cc2[N+](=O)[O-])c2ccccc21. The molecule has 0 spiro atoms. The first-order valence-electron chi connectivity index (χ1n) is 6.61. The van der Waals surface area contributed by atoms with Gasteiger partial charge in [-0.3, -0.25) is 10.1 Å². The maximum absolute atomic E-state index is 11.1. The molecule has 2 aromatic carbocycles. The summed E-state index contributed by atoms with van der Waals surface area (Å²) >= 11 is 5.83. The molecule has 6 heteroatoms. The third kappa shape index (κ3) is 2.57. The molecule has 0 aromatic heterocycles. The predicted molar refractivity (Wildman–Crippen MR) is 82.5 cm³/mol. The predicted octanol–water partition coefficient (Wildman–Crippen LogP) is 3.80. The fourth-order valence-electron chi connectivity index (χ4n) is 2.78. The molecule has 5 nitrogen and oxygen atoms in total. The van der Waals surface area contributed by atoms with Crippen LogP contribution in [0.15, 0.2) is 42.5 Å². The van der Waals surface area contributed by atoms with Crippen molar-refractivity contribution in [2.45, 2.75) is 18.5 Å². The van der Waals surface area contributed by atoms with Crippen LogP contribution in [0.1, 0.15) is 29.6 Å². The average Bonchev–Trinajstić information content (AvgIpc) is 2.78. The van der Waals surface area contributed by atoms with Crippen LogP contribution >= 0.6 is 11.6 Å². The number of nitro groups is 1. The van der Waals surface area contributed by atoms with E-state index in [9.17, 15) is 10.1 Å². The quantitative estimate of drug-likeness (QED) is 0.667. The van der Waals surface area contributed by atoms with Crippen LogP contribution in [0.3, 0.4) is 0 Å². The number of hydrogen-bond acceptors (Lipinski definition) is 4. The second kappa shape index (κ2) is 5.35. The van der Waals surface area contributed by atoms with Crippen LogP contribution in [0.2, 0.25) is 5.02 Å². The molecular weight excluding hydrogens is 290 g/mol. The number of hydrogen-bond donors (Lipinski definition) is 2. The van der Waals surface area contributed by atoms with Gasteiger partial charge in [-0.1, -0.05) is 35.9 Å². The van der Waals surface area contributed by atoms with Gasteiger partial charge in [-0.15, -0.1) is 0 Å². The molecule has 2 unspecified atom stereocenters. The van der Waals surface area contributed by atoms with Crippen LogP contribution in [0.5, 0.6) is 0 Å². The van der Waals surface area contributed by atoms with Crippen molar-refractivity contribution in [1.29, 1.82) is 0 Å². The van der Waals surface area contributed by atoms with Gasteiger partial charge in [0, 0.05) is 17.1 Å². The molecule has 0 amide bonds. The van der Waals surface area contributed by atoms with Crippen LogP contribution in [0.25, 0.3) is 0 Å². The number of anilines is 1. The molecule has 0 saturated carbocycles. The first-order valence-corrected chi connectivity index (χ1v) is 6.99. The van der Waals surface area contributed by atoms with E-state index in [0.29, 0.717) is 17.1 Å². The molecule has 3 N–H and O–H groups in total. The first-order chi connectivity index (χ1) is 10.1. The highest BCUT2D eigenvalue weighted by molar-refractivity contribution is 6.30. The van der Waals surface area contributed by atoms with E-state index in [4.69, 9.17) is 17.3 Å². The lowest BCUT2D eigenvalue weighted by atomic mass is 10.1. The number of halogens is 1. The van der Waals surface area contributed by atoms with Gasteiger partial charge in [0.2, 0.25) is 0 Å². The largest absolute Gasteiger partial charge is 0.373 e. The van der Waals surface area contributed by atoms with Crippen molar-refractivity contribution >= 4 is 23.0 Å². The maximum Gasteiger partial charge on any atom is 0.293 e. The molecule has 108 valence electrons. The lowest BCUT2D eigenvalue weighted by Gasteiger charge is -2.15. The molecule has 0 aliphatic heterocycles. The zero-order valence-corrected chi connectivity index (χ0v) is 11.9. The summed E-state index contributed by atoms with van der Waals surface area (Å²) in [4.78, 5) is 10.7. The standard InChI is InChI=1S/C15H14ClN3O2/c16-9-5-6-13(15(7-9)19(20)21)18-14-8-12(17)10-3-1-2-4-11(10)14/h1-7,12,14,18H,8,17H2. The highest BCUT2D eigenvalue weighted by Gasteiger charge is 2.29. The Morgan fingerprint density at radius 3 is 2.67 bits per heavy atom. The fourth-order valence-corrected chi connectivity index (χ4v) is 2.94. The van der Waals surface area contributed by atoms with Gasteiger partial charge in [0.15, 0.2) is 0 Å². The van der Waals surface area contributed by atoms with E-state index in [0.717, 1.165) is 11.1 Å². The number of nitrogens with one attached hydrogen (secondary N) is 1. The highest BCUT2D eigenvalue weighted by Crippen LogP contribution is 2.40. The number of benzene rings is 2. The second-order valence-corrected chi connectivity index (χ2v) is 5.52. The molecule has 0 heterocycles. The van der Waals surface area contributed by atoms with Crippen molar-refractivity contribution in [3.8, 4) is 0 Å². The van der Waals surface area contributed by atoms with E-state index in [1.165, 1.54) is 6.07 Å². The van der Waals surface area contributed by atoms with Crippen molar-refractivity contribution in [2.75, 3.05) is 5.32 Å². The van der Waals surface area contributed by atoms with Gasteiger partial charge < -0.3 is 11.1 Å². The van der Waals surface area contributed by atoms with Gasteiger partial charge in [-0.2, -0.15) is 0 Å².